The fraction of sp³-hybridized carbons (Fsp3) is 0.308. The zero-order valence-electron chi connectivity index (χ0n) is 11.1. The van der Waals surface area contributed by atoms with Crippen LogP contribution in [0.25, 0.3) is 10.9 Å². The van der Waals surface area contributed by atoms with E-state index in [1.807, 2.05) is 26.0 Å². The molecule has 1 aromatic heterocycles. The van der Waals surface area contributed by atoms with Gasteiger partial charge in [0.15, 0.2) is 5.69 Å². The second-order valence-corrected chi connectivity index (χ2v) is 5.78. The van der Waals surface area contributed by atoms with Gasteiger partial charge in [0.05, 0.1) is 5.52 Å². The first-order valence-electron chi connectivity index (χ1n) is 6.14. The monoisotopic (exact) mass is 338 g/mol. The standard InChI is InChI=1S/C13H15BrN4O2/c1-6(2)10(12(15)19)16-13(20)11-8-5-7(14)3-4-9(8)17-18-11/h3-6,10H,1-2H3,(H2,15,19)(H,16,20)(H,17,18)/t10-/m0/s1. The molecule has 0 saturated carbocycles. The number of halogens is 1. The maximum Gasteiger partial charge on any atom is 0.273 e. The molecule has 0 aliphatic heterocycles. The van der Waals surface area contributed by atoms with Gasteiger partial charge in [-0.15, -0.1) is 0 Å². The molecule has 2 aromatic rings. The highest BCUT2D eigenvalue weighted by Gasteiger charge is 2.24. The first kappa shape index (κ1) is 14.5. The summed E-state index contributed by atoms with van der Waals surface area (Å²) >= 11 is 3.35. The maximum atomic E-state index is 12.2. The minimum absolute atomic E-state index is 0.0895. The molecule has 0 spiro atoms. The lowest BCUT2D eigenvalue weighted by atomic mass is 10.0. The van der Waals surface area contributed by atoms with Crippen LogP contribution in [0.15, 0.2) is 22.7 Å². The Bertz CT molecular complexity index is 665. The Morgan fingerprint density at radius 3 is 2.70 bits per heavy atom. The van der Waals surface area contributed by atoms with E-state index in [-0.39, 0.29) is 11.6 Å². The van der Waals surface area contributed by atoms with Crippen LogP contribution < -0.4 is 11.1 Å². The highest BCUT2D eigenvalue weighted by atomic mass is 79.9. The number of carbonyl (C=O) groups is 2. The molecule has 1 atom stereocenters. The van der Waals surface area contributed by atoms with Gasteiger partial charge in [0.25, 0.3) is 5.91 Å². The van der Waals surface area contributed by atoms with Gasteiger partial charge >= 0.3 is 0 Å². The van der Waals surface area contributed by atoms with E-state index < -0.39 is 17.9 Å². The average Bonchev–Trinajstić information content (AvgIpc) is 2.77. The Balaban J connectivity index is 2.32. The van der Waals surface area contributed by atoms with Crippen molar-refractivity contribution in [3.05, 3.63) is 28.4 Å². The Morgan fingerprint density at radius 1 is 1.40 bits per heavy atom. The molecule has 106 valence electrons. The highest BCUT2D eigenvalue weighted by Crippen LogP contribution is 2.21. The summed E-state index contributed by atoms with van der Waals surface area (Å²) in [7, 11) is 0. The van der Waals surface area contributed by atoms with Crippen LogP contribution in [0.2, 0.25) is 0 Å². The lowest BCUT2D eigenvalue weighted by Gasteiger charge is -2.18. The molecule has 0 aliphatic rings. The quantitative estimate of drug-likeness (QED) is 0.788. The number of carbonyl (C=O) groups excluding carboxylic acids is 2. The van der Waals surface area contributed by atoms with Crippen LogP contribution in [0.3, 0.4) is 0 Å². The third kappa shape index (κ3) is 2.82. The number of nitrogens with two attached hydrogens (primary N) is 1. The summed E-state index contributed by atoms with van der Waals surface area (Å²) in [6.45, 7) is 3.63. The number of fused-ring (bicyclic) bond motifs is 1. The van der Waals surface area contributed by atoms with Gasteiger partial charge in [0.2, 0.25) is 5.91 Å². The summed E-state index contributed by atoms with van der Waals surface area (Å²) in [5, 5.41) is 10.1. The van der Waals surface area contributed by atoms with Crippen molar-refractivity contribution < 1.29 is 9.59 Å². The number of H-pyrrole nitrogens is 1. The molecule has 0 fully saturated rings. The first-order chi connectivity index (χ1) is 9.40. The van der Waals surface area contributed by atoms with Crippen molar-refractivity contribution in [1.29, 1.82) is 0 Å². The summed E-state index contributed by atoms with van der Waals surface area (Å²) in [6, 6.07) is 4.74. The lowest BCUT2D eigenvalue weighted by molar-refractivity contribution is -0.120. The van der Waals surface area contributed by atoms with E-state index in [0.717, 1.165) is 9.99 Å². The minimum Gasteiger partial charge on any atom is -0.368 e. The highest BCUT2D eigenvalue weighted by molar-refractivity contribution is 9.10. The molecule has 2 rings (SSSR count). The second kappa shape index (κ2) is 5.62. The molecule has 1 heterocycles. The molecule has 0 radical (unpaired) electrons. The van der Waals surface area contributed by atoms with Crippen LogP contribution in [-0.2, 0) is 4.79 Å². The van der Waals surface area contributed by atoms with Crippen molar-refractivity contribution in [1.82, 2.24) is 15.5 Å². The molecule has 0 bridgehead atoms. The van der Waals surface area contributed by atoms with Crippen molar-refractivity contribution >= 4 is 38.6 Å². The van der Waals surface area contributed by atoms with E-state index in [2.05, 4.69) is 31.4 Å². The first-order valence-corrected chi connectivity index (χ1v) is 6.93. The predicted molar refractivity (Wildman–Crippen MR) is 79.1 cm³/mol. The van der Waals surface area contributed by atoms with Gasteiger partial charge in [-0.2, -0.15) is 5.10 Å². The van der Waals surface area contributed by atoms with Gasteiger partial charge < -0.3 is 11.1 Å². The van der Waals surface area contributed by atoms with Crippen LogP contribution in [0.1, 0.15) is 24.3 Å². The van der Waals surface area contributed by atoms with Crippen LogP contribution in [0.5, 0.6) is 0 Å². The lowest BCUT2D eigenvalue weighted by Crippen LogP contribution is -2.47. The number of hydrogen-bond donors (Lipinski definition) is 3. The van der Waals surface area contributed by atoms with Gasteiger partial charge in [0, 0.05) is 9.86 Å². The van der Waals surface area contributed by atoms with Gasteiger partial charge in [-0.05, 0) is 24.1 Å². The molecular weight excluding hydrogens is 324 g/mol. The largest absolute Gasteiger partial charge is 0.368 e. The van der Waals surface area contributed by atoms with Crippen LogP contribution >= 0.6 is 15.9 Å². The van der Waals surface area contributed by atoms with Gasteiger partial charge in [0.1, 0.15) is 6.04 Å². The van der Waals surface area contributed by atoms with Crippen LogP contribution in [0.4, 0.5) is 0 Å². The van der Waals surface area contributed by atoms with Crippen molar-refractivity contribution in [2.24, 2.45) is 11.7 Å². The number of aromatic nitrogens is 2. The summed E-state index contributed by atoms with van der Waals surface area (Å²) in [4.78, 5) is 23.6. The fourth-order valence-electron chi connectivity index (χ4n) is 1.94. The maximum absolute atomic E-state index is 12.2. The number of nitrogens with one attached hydrogen (secondary N) is 2. The normalized spacial score (nSPS) is 12.6. The predicted octanol–water partition coefficient (Wildman–Crippen LogP) is 1.57. The second-order valence-electron chi connectivity index (χ2n) is 4.86. The van der Waals surface area contributed by atoms with Gasteiger partial charge in [-0.25, -0.2) is 0 Å². The summed E-state index contributed by atoms with van der Waals surface area (Å²) in [5.74, 6) is -1.07. The molecule has 2 amide bonds. The van der Waals surface area contributed by atoms with E-state index >= 15 is 0 Å². The molecule has 0 aliphatic carbocycles. The number of amides is 2. The SMILES string of the molecule is CC(C)[C@H](NC(=O)c1n[nH]c2ccc(Br)cc12)C(N)=O. The third-order valence-electron chi connectivity index (χ3n) is 3.00. The number of primary amides is 1. The Kier molecular flexibility index (Phi) is 4.08. The molecular formula is C13H15BrN4O2. The number of benzene rings is 1. The van der Waals surface area contributed by atoms with E-state index in [4.69, 9.17) is 5.73 Å². The zero-order chi connectivity index (χ0) is 14.9. The molecule has 0 unspecified atom stereocenters. The smallest absolute Gasteiger partial charge is 0.273 e. The molecule has 7 heteroatoms. The fourth-order valence-corrected chi connectivity index (χ4v) is 2.30. The molecule has 4 N–H and O–H groups in total. The molecule has 6 nitrogen and oxygen atoms in total. The Labute approximate surface area is 124 Å². The van der Waals surface area contributed by atoms with E-state index in [1.165, 1.54) is 0 Å². The van der Waals surface area contributed by atoms with Crippen LogP contribution in [-0.4, -0.2) is 28.1 Å². The summed E-state index contributed by atoms with van der Waals surface area (Å²) in [6.07, 6.45) is 0. The molecule has 0 saturated heterocycles. The molecule has 1 aromatic carbocycles. The van der Waals surface area contributed by atoms with Crippen molar-refractivity contribution in [3.8, 4) is 0 Å². The minimum atomic E-state index is -0.721. The van der Waals surface area contributed by atoms with E-state index in [9.17, 15) is 9.59 Å². The summed E-state index contributed by atoms with van der Waals surface area (Å²) in [5.41, 5.74) is 6.28. The van der Waals surface area contributed by atoms with Gasteiger partial charge in [-0.3, -0.25) is 14.7 Å². The Morgan fingerprint density at radius 2 is 2.10 bits per heavy atom. The van der Waals surface area contributed by atoms with E-state index in [1.54, 1.807) is 6.07 Å². The third-order valence-corrected chi connectivity index (χ3v) is 3.49. The number of hydrogen-bond acceptors (Lipinski definition) is 3. The number of rotatable bonds is 4. The van der Waals surface area contributed by atoms with Crippen molar-refractivity contribution in [3.63, 3.8) is 0 Å². The average molecular weight is 339 g/mol. The van der Waals surface area contributed by atoms with E-state index in [0.29, 0.717) is 5.39 Å². The Hall–Kier alpha value is -1.89. The topological polar surface area (TPSA) is 101 Å². The van der Waals surface area contributed by atoms with Crippen LogP contribution in [0, 0.1) is 5.92 Å². The molecule has 20 heavy (non-hydrogen) atoms. The summed E-state index contributed by atoms with van der Waals surface area (Å²) < 4.78 is 0.843. The number of nitrogens with zero attached hydrogens (tertiary/aromatic N) is 1. The zero-order valence-corrected chi connectivity index (χ0v) is 12.7. The number of aromatic amines is 1. The van der Waals surface area contributed by atoms with Crippen molar-refractivity contribution in [2.45, 2.75) is 19.9 Å². The van der Waals surface area contributed by atoms with Gasteiger partial charge in [-0.1, -0.05) is 29.8 Å². The van der Waals surface area contributed by atoms with Crippen molar-refractivity contribution in [2.75, 3.05) is 0 Å².